The van der Waals surface area contributed by atoms with E-state index in [9.17, 15) is 10.2 Å². The van der Waals surface area contributed by atoms with E-state index in [2.05, 4.69) is 45.9 Å². The Bertz CT molecular complexity index is 2090. The molecule has 2 aromatic heterocycles. The summed E-state index contributed by atoms with van der Waals surface area (Å²) in [4.78, 5) is 5.95. The Balaban J connectivity index is 1.38. The van der Waals surface area contributed by atoms with E-state index in [-0.39, 0.29) is 0 Å². The topological polar surface area (TPSA) is 61.5 Å². The van der Waals surface area contributed by atoms with Gasteiger partial charge < -0.3 is 19.7 Å². The van der Waals surface area contributed by atoms with E-state index in [1.807, 2.05) is 103 Å². The van der Waals surface area contributed by atoms with Crippen molar-refractivity contribution in [3.05, 3.63) is 151 Å². The molecule has 0 spiro atoms. The molecule has 5 nitrogen and oxygen atoms in total. The van der Waals surface area contributed by atoms with Gasteiger partial charge in [0.05, 0.1) is 16.7 Å². The molecule has 2 N–H and O–H groups in total. The lowest BCUT2D eigenvalue weighted by atomic mass is 10.0. The van der Waals surface area contributed by atoms with E-state index < -0.39 is 12.5 Å². The minimum Gasteiger partial charge on any atom is -0.369 e. The molecule has 202 valence electrons. The molecular weight excluding hydrogens is 518 g/mol. The second-order valence-corrected chi connectivity index (χ2v) is 10.6. The van der Waals surface area contributed by atoms with Crippen LogP contribution in [0.4, 0.5) is 5.69 Å². The highest BCUT2D eigenvalue weighted by atomic mass is 16.3. The van der Waals surface area contributed by atoms with Crippen LogP contribution in [0.25, 0.3) is 49.7 Å². The first-order valence-electron chi connectivity index (χ1n) is 14.1. The second-order valence-electron chi connectivity index (χ2n) is 10.6. The Kier molecular flexibility index (Phi) is 5.67. The zero-order valence-electron chi connectivity index (χ0n) is 22.7. The Hall–Kier alpha value is -5.23. The number of pyridine rings is 1. The molecule has 1 aliphatic rings. The Morgan fingerprint density at radius 3 is 2.02 bits per heavy atom. The Morgan fingerprint density at radius 2 is 1.17 bits per heavy atom. The number of fused-ring (bicyclic) bond motifs is 4. The maximum absolute atomic E-state index is 12.1. The van der Waals surface area contributed by atoms with Gasteiger partial charge in [0, 0.05) is 51.1 Å². The number of para-hydroxylation sites is 3. The SMILES string of the molecule is OC1c2cccc(-n3c4ccccc4c4cccc(-c5ccncc5)c43)c2C(O)N1c1ccccc1-c1ccccc1. The number of hydrogen-bond acceptors (Lipinski definition) is 4. The molecule has 42 heavy (non-hydrogen) atoms. The molecule has 3 heterocycles. The van der Waals surface area contributed by atoms with Crippen molar-refractivity contribution in [2.45, 2.75) is 12.5 Å². The lowest BCUT2D eigenvalue weighted by molar-refractivity contribution is 0.110. The standard InChI is InChI=1S/C37H27N3O2/c41-36-30-16-9-19-33(34(30)37(42)40(36)31-17-6-4-12-26(31)24-10-2-1-3-11-24)39-32-18-7-5-13-28(32)29-15-8-14-27(35(29)39)25-20-22-38-23-21-25/h1-23,36-37,41-42H. The van der Waals surface area contributed by atoms with Gasteiger partial charge in [-0.25, -0.2) is 0 Å². The minimum atomic E-state index is -1.07. The summed E-state index contributed by atoms with van der Waals surface area (Å²) in [7, 11) is 0. The van der Waals surface area contributed by atoms with E-state index in [4.69, 9.17) is 0 Å². The van der Waals surface area contributed by atoms with Gasteiger partial charge in [0.15, 0.2) is 12.5 Å². The summed E-state index contributed by atoms with van der Waals surface area (Å²) in [6.45, 7) is 0. The maximum Gasteiger partial charge on any atom is 0.158 e. The number of hydrogen-bond donors (Lipinski definition) is 2. The molecule has 0 radical (unpaired) electrons. The monoisotopic (exact) mass is 545 g/mol. The summed E-state index contributed by atoms with van der Waals surface area (Å²) >= 11 is 0. The summed E-state index contributed by atoms with van der Waals surface area (Å²) in [6.07, 6.45) is 1.53. The van der Waals surface area contributed by atoms with Crippen LogP contribution in [-0.4, -0.2) is 19.8 Å². The van der Waals surface area contributed by atoms with E-state index in [0.717, 1.165) is 55.4 Å². The number of aromatic nitrogens is 2. The normalized spacial score (nSPS) is 16.3. The Morgan fingerprint density at radius 1 is 0.524 bits per heavy atom. The smallest absolute Gasteiger partial charge is 0.158 e. The van der Waals surface area contributed by atoms with Crippen molar-refractivity contribution in [1.29, 1.82) is 0 Å². The molecule has 0 saturated carbocycles. The van der Waals surface area contributed by atoms with Crippen molar-refractivity contribution in [2.24, 2.45) is 0 Å². The van der Waals surface area contributed by atoms with Crippen LogP contribution in [0, 0.1) is 0 Å². The number of anilines is 1. The first-order chi connectivity index (χ1) is 20.7. The molecule has 0 bridgehead atoms. The third-order valence-electron chi connectivity index (χ3n) is 8.37. The molecule has 1 aliphatic heterocycles. The lowest BCUT2D eigenvalue weighted by Gasteiger charge is -2.29. The van der Waals surface area contributed by atoms with Gasteiger partial charge in [0.1, 0.15) is 0 Å². The van der Waals surface area contributed by atoms with Crippen molar-refractivity contribution >= 4 is 27.5 Å². The van der Waals surface area contributed by atoms with Gasteiger partial charge in [-0.05, 0) is 41.5 Å². The van der Waals surface area contributed by atoms with E-state index in [1.165, 1.54) is 0 Å². The lowest BCUT2D eigenvalue weighted by Crippen LogP contribution is -2.26. The van der Waals surface area contributed by atoms with Crippen LogP contribution in [0.3, 0.4) is 0 Å². The van der Waals surface area contributed by atoms with Crippen LogP contribution >= 0.6 is 0 Å². The number of aliphatic hydroxyl groups excluding tert-OH is 2. The maximum atomic E-state index is 12.1. The second kappa shape index (κ2) is 9.70. The van der Waals surface area contributed by atoms with Gasteiger partial charge in [0.25, 0.3) is 0 Å². The zero-order valence-corrected chi connectivity index (χ0v) is 22.7. The van der Waals surface area contributed by atoms with Crippen molar-refractivity contribution in [2.75, 3.05) is 4.90 Å². The van der Waals surface area contributed by atoms with Crippen molar-refractivity contribution in [3.8, 4) is 27.9 Å². The van der Waals surface area contributed by atoms with Crippen LogP contribution in [0.1, 0.15) is 23.6 Å². The predicted octanol–water partition coefficient (Wildman–Crippen LogP) is 8.01. The van der Waals surface area contributed by atoms with E-state index in [0.29, 0.717) is 11.1 Å². The fraction of sp³-hybridized carbons (Fsp3) is 0.0541. The van der Waals surface area contributed by atoms with Crippen molar-refractivity contribution in [3.63, 3.8) is 0 Å². The third kappa shape index (κ3) is 3.61. The van der Waals surface area contributed by atoms with Crippen LogP contribution < -0.4 is 4.90 Å². The molecule has 7 aromatic rings. The number of nitrogens with zero attached hydrogens (tertiary/aromatic N) is 3. The van der Waals surface area contributed by atoms with E-state index in [1.54, 1.807) is 4.90 Å². The third-order valence-corrected chi connectivity index (χ3v) is 8.37. The van der Waals surface area contributed by atoms with Crippen molar-refractivity contribution in [1.82, 2.24) is 9.55 Å². The average molecular weight is 546 g/mol. The first kappa shape index (κ1) is 24.6. The number of rotatable bonds is 4. The molecule has 5 aromatic carbocycles. The summed E-state index contributed by atoms with van der Waals surface area (Å²) in [5.41, 5.74) is 9.17. The summed E-state index contributed by atoms with van der Waals surface area (Å²) < 4.78 is 2.24. The predicted molar refractivity (Wildman–Crippen MR) is 168 cm³/mol. The van der Waals surface area contributed by atoms with Crippen LogP contribution in [-0.2, 0) is 0 Å². The molecule has 2 atom stereocenters. The van der Waals surface area contributed by atoms with Crippen LogP contribution in [0.2, 0.25) is 0 Å². The molecule has 8 rings (SSSR count). The minimum absolute atomic E-state index is 0.690. The molecule has 0 aliphatic carbocycles. The first-order valence-corrected chi connectivity index (χ1v) is 14.1. The fourth-order valence-electron chi connectivity index (χ4n) is 6.55. The number of benzene rings is 5. The van der Waals surface area contributed by atoms with Gasteiger partial charge in [0.2, 0.25) is 0 Å². The molecule has 5 heteroatoms. The van der Waals surface area contributed by atoms with Gasteiger partial charge in [-0.3, -0.25) is 4.98 Å². The molecule has 0 fully saturated rings. The highest BCUT2D eigenvalue weighted by Gasteiger charge is 2.40. The zero-order chi connectivity index (χ0) is 28.2. The molecule has 0 amide bonds. The van der Waals surface area contributed by atoms with Crippen molar-refractivity contribution < 1.29 is 10.2 Å². The van der Waals surface area contributed by atoms with Gasteiger partial charge in [-0.1, -0.05) is 97.1 Å². The highest BCUT2D eigenvalue weighted by molar-refractivity contribution is 6.13. The van der Waals surface area contributed by atoms with Gasteiger partial charge in [-0.15, -0.1) is 0 Å². The quantitative estimate of drug-likeness (QED) is 0.235. The Labute approximate surface area is 243 Å². The molecular formula is C37H27N3O2. The van der Waals surface area contributed by atoms with Gasteiger partial charge in [-0.2, -0.15) is 0 Å². The fourth-order valence-corrected chi connectivity index (χ4v) is 6.55. The largest absolute Gasteiger partial charge is 0.369 e. The van der Waals surface area contributed by atoms with Crippen LogP contribution in [0.5, 0.6) is 0 Å². The number of aliphatic hydroxyl groups is 2. The van der Waals surface area contributed by atoms with E-state index >= 15 is 0 Å². The summed E-state index contributed by atoms with van der Waals surface area (Å²) in [5.74, 6) is 0. The summed E-state index contributed by atoms with van der Waals surface area (Å²) in [6, 6.07) is 42.7. The molecule has 2 unspecified atom stereocenters. The van der Waals surface area contributed by atoms with Gasteiger partial charge >= 0.3 is 0 Å². The average Bonchev–Trinajstić information content (AvgIpc) is 3.53. The molecule has 0 saturated heterocycles. The highest BCUT2D eigenvalue weighted by Crippen LogP contribution is 2.49. The van der Waals surface area contributed by atoms with Crippen LogP contribution in [0.15, 0.2) is 140 Å². The summed E-state index contributed by atoms with van der Waals surface area (Å²) in [5, 5.41) is 26.1.